The summed E-state index contributed by atoms with van der Waals surface area (Å²) in [6.45, 7) is 0. The average Bonchev–Trinajstić information content (AvgIpc) is 2.47. The fourth-order valence-electron chi connectivity index (χ4n) is 2.91. The summed E-state index contributed by atoms with van der Waals surface area (Å²) in [5.74, 6) is -0.189. The fraction of sp³-hybridized carbons (Fsp3) is 0.875. The molecule has 2 bridgehead atoms. The van der Waals surface area contributed by atoms with Gasteiger partial charge in [-0.2, -0.15) is 0 Å². The van der Waals surface area contributed by atoms with Gasteiger partial charge in [0.1, 0.15) is 12.3 Å². The van der Waals surface area contributed by atoms with Crippen LogP contribution in [0.1, 0.15) is 12.8 Å². The summed E-state index contributed by atoms with van der Waals surface area (Å²) in [5.41, 5.74) is 0. The molecule has 1 saturated heterocycles. The predicted octanol–water partition coefficient (Wildman–Crippen LogP) is 0.906. The van der Waals surface area contributed by atoms with Crippen LogP contribution in [0.5, 0.6) is 0 Å². The highest BCUT2D eigenvalue weighted by atomic mass is 19.1. The summed E-state index contributed by atoms with van der Waals surface area (Å²) in [7, 11) is 0. The molecule has 5 atom stereocenters. The number of halogens is 1. The van der Waals surface area contributed by atoms with Gasteiger partial charge >= 0.3 is 5.97 Å². The third-order valence-corrected chi connectivity index (χ3v) is 3.37. The van der Waals surface area contributed by atoms with Crippen LogP contribution in [0.4, 0.5) is 4.39 Å². The van der Waals surface area contributed by atoms with Crippen LogP contribution in [0.25, 0.3) is 0 Å². The molecule has 11 heavy (non-hydrogen) atoms. The van der Waals surface area contributed by atoms with Crippen molar-refractivity contribution in [1.82, 2.24) is 0 Å². The molecule has 2 saturated carbocycles. The van der Waals surface area contributed by atoms with Crippen molar-refractivity contribution < 1.29 is 13.9 Å². The van der Waals surface area contributed by atoms with E-state index in [1.165, 1.54) is 0 Å². The number of fused-ring (bicyclic) bond motifs is 1. The molecule has 0 radical (unpaired) electrons. The first-order chi connectivity index (χ1) is 5.27. The van der Waals surface area contributed by atoms with Gasteiger partial charge in [-0.25, -0.2) is 4.39 Å². The minimum absolute atomic E-state index is 0.0683. The predicted molar refractivity (Wildman–Crippen MR) is 34.5 cm³/mol. The lowest BCUT2D eigenvalue weighted by molar-refractivity contribution is -0.143. The number of alkyl halides is 1. The zero-order valence-electron chi connectivity index (χ0n) is 6.00. The Bertz CT molecular complexity index is 228. The Balaban J connectivity index is 2.05. The van der Waals surface area contributed by atoms with Crippen LogP contribution in [0.2, 0.25) is 0 Å². The van der Waals surface area contributed by atoms with E-state index >= 15 is 0 Å². The third kappa shape index (κ3) is 0.522. The first kappa shape index (κ1) is 5.98. The maximum atomic E-state index is 13.3. The molecule has 3 fully saturated rings. The van der Waals surface area contributed by atoms with Crippen LogP contribution in [-0.2, 0) is 9.53 Å². The van der Waals surface area contributed by atoms with Gasteiger partial charge in [-0.1, -0.05) is 0 Å². The number of carbonyl (C=O) groups excluding carboxylic acids is 1. The lowest BCUT2D eigenvalue weighted by Crippen LogP contribution is -2.18. The molecule has 3 rings (SSSR count). The molecule has 1 aliphatic heterocycles. The molecule has 0 aromatic heterocycles. The van der Waals surface area contributed by atoms with Gasteiger partial charge < -0.3 is 4.74 Å². The lowest BCUT2D eigenvalue weighted by Gasteiger charge is -2.10. The van der Waals surface area contributed by atoms with Gasteiger partial charge in [0.15, 0.2) is 0 Å². The SMILES string of the molecule is O=C1O[C@@H]2C[C@H]3C[C@@H]1[C@H]2[C@H]3F. The van der Waals surface area contributed by atoms with Gasteiger partial charge in [-0.15, -0.1) is 0 Å². The fourth-order valence-corrected chi connectivity index (χ4v) is 2.91. The molecule has 2 nitrogen and oxygen atoms in total. The van der Waals surface area contributed by atoms with Crippen molar-refractivity contribution in [3.63, 3.8) is 0 Å². The van der Waals surface area contributed by atoms with E-state index in [9.17, 15) is 9.18 Å². The van der Waals surface area contributed by atoms with Gasteiger partial charge in [0, 0.05) is 5.92 Å². The van der Waals surface area contributed by atoms with Crippen LogP contribution in [0.3, 0.4) is 0 Å². The second kappa shape index (κ2) is 1.59. The normalized spacial score (nSPS) is 58.6. The van der Waals surface area contributed by atoms with Gasteiger partial charge in [-0.05, 0) is 18.8 Å². The van der Waals surface area contributed by atoms with Crippen LogP contribution in [0.15, 0.2) is 0 Å². The Morgan fingerprint density at radius 2 is 2.27 bits per heavy atom. The molecule has 0 spiro atoms. The summed E-state index contributed by atoms with van der Waals surface area (Å²) < 4.78 is 18.3. The van der Waals surface area contributed by atoms with E-state index < -0.39 is 6.17 Å². The summed E-state index contributed by atoms with van der Waals surface area (Å²) >= 11 is 0. The van der Waals surface area contributed by atoms with Crippen molar-refractivity contribution in [2.45, 2.75) is 25.1 Å². The Morgan fingerprint density at radius 3 is 2.82 bits per heavy atom. The van der Waals surface area contributed by atoms with E-state index in [4.69, 9.17) is 4.74 Å². The van der Waals surface area contributed by atoms with E-state index in [-0.39, 0.29) is 29.8 Å². The molecule has 60 valence electrons. The van der Waals surface area contributed by atoms with Crippen LogP contribution in [0, 0.1) is 17.8 Å². The van der Waals surface area contributed by atoms with Crippen LogP contribution in [-0.4, -0.2) is 18.2 Å². The van der Waals surface area contributed by atoms with Crippen molar-refractivity contribution in [3.05, 3.63) is 0 Å². The monoisotopic (exact) mass is 156 g/mol. The molecular formula is C8H9FO2. The maximum Gasteiger partial charge on any atom is 0.309 e. The first-order valence-electron chi connectivity index (χ1n) is 4.12. The lowest BCUT2D eigenvalue weighted by atomic mass is 9.90. The van der Waals surface area contributed by atoms with E-state index in [1.807, 2.05) is 0 Å². The molecule has 0 aromatic rings. The Labute approximate surface area is 63.7 Å². The molecule has 3 heteroatoms. The van der Waals surface area contributed by atoms with Crippen molar-refractivity contribution in [2.75, 3.05) is 0 Å². The van der Waals surface area contributed by atoms with Crippen molar-refractivity contribution in [3.8, 4) is 0 Å². The number of ether oxygens (including phenoxy) is 1. The minimum Gasteiger partial charge on any atom is -0.462 e. The quantitative estimate of drug-likeness (QED) is 0.487. The number of carbonyl (C=O) groups is 1. The number of hydrogen-bond donors (Lipinski definition) is 0. The minimum atomic E-state index is -0.753. The number of rotatable bonds is 0. The molecule has 0 N–H and O–H groups in total. The summed E-state index contributed by atoms with van der Waals surface area (Å²) in [5, 5.41) is 0. The Kier molecular flexibility index (Phi) is 0.866. The second-order valence-corrected chi connectivity index (χ2v) is 3.84. The van der Waals surface area contributed by atoms with E-state index in [1.54, 1.807) is 0 Å². The summed E-state index contributed by atoms with van der Waals surface area (Å²) in [6.07, 6.45) is 0.688. The molecule has 0 amide bonds. The summed E-state index contributed by atoms with van der Waals surface area (Å²) in [4.78, 5) is 11.0. The van der Waals surface area contributed by atoms with E-state index in [2.05, 4.69) is 0 Å². The maximum absolute atomic E-state index is 13.3. The van der Waals surface area contributed by atoms with E-state index in [0.717, 1.165) is 12.8 Å². The van der Waals surface area contributed by atoms with Crippen molar-refractivity contribution in [2.24, 2.45) is 17.8 Å². The van der Waals surface area contributed by atoms with Gasteiger partial charge in [0.05, 0.1) is 5.92 Å². The van der Waals surface area contributed by atoms with Gasteiger partial charge in [0.25, 0.3) is 0 Å². The van der Waals surface area contributed by atoms with Gasteiger partial charge in [0.2, 0.25) is 0 Å². The number of esters is 1. The molecule has 1 heterocycles. The zero-order chi connectivity index (χ0) is 7.59. The highest BCUT2D eigenvalue weighted by Crippen LogP contribution is 2.55. The van der Waals surface area contributed by atoms with Crippen molar-refractivity contribution in [1.29, 1.82) is 0 Å². The standard InChI is InChI=1S/C8H9FO2/c9-7-3-1-4-6(7)5(2-3)11-8(4)10/h3-7H,1-2H2/t3-,4-,5-,6-,7+/m1/s1. The largest absolute Gasteiger partial charge is 0.462 e. The molecule has 0 aromatic carbocycles. The van der Waals surface area contributed by atoms with Crippen LogP contribution >= 0.6 is 0 Å². The first-order valence-corrected chi connectivity index (χ1v) is 4.12. The highest BCUT2D eigenvalue weighted by molar-refractivity contribution is 5.76. The van der Waals surface area contributed by atoms with Crippen LogP contribution < -0.4 is 0 Å². The third-order valence-electron chi connectivity index (χ3n) is 3.37. The van der Waals surface area contributed by atoms with E-state index in [0.29, 0.717) is 0 Å². The molecule has 2 aliphatic carbocycles. The topological polar surface area (TPSA) is 26.3 Å². The number of hydrogen-bond acceptors (Lipinski definition) is 2. The smallest absolute Gasteiger partial charge is 0.309 e. The summed E-state index contributed by atoms with van der Waals surface area (Å²) in [6, 6.07) is 0. The Hall–Kier alpha value is -0.600. The Morgan fingerprint density at radius 1 is 1.45 bits per heavy atom. The van der Waals surface area contributed by atoms with Crippen molar-refractivity contribution >= 4 is 5.97 Å². The zero-order valence-corrected chi connectivity index (χ0v) is 6.00. The highest BCUT2D eigenvalue weighted by Gasteiger charge is 2.62. The average molecular weight is 156 g/mol. The second-order valence-electron chi connectivity index (χ2n) is 3.84. The molecule has 3 aliphatic rings. The molecular weight excluding hydrogens is 147 g/mol. The van der Waals surface area contributed by atoms with Gasteiger partial charge in [-0.3, -0.25) is 4.79 Å². The molecule has 0 unspecified atom stereocenters.